The van der Waals surface area contributed by atoms with E-state index >= 15 is 0 Å². The van der Waals surface area contributed by atoms with Crippen LogP contribution in [0.2, 0.25) is 0 Å². The molecule has 0 N–H and O–H groups in total. The number of benzene rings is 1. The predicted molar refractivity (Wildman–Crippen MR) is 89.9 cm³/mol. The summed E-state index contributed by atoms with van der Waals surface area (Å²) in [4.78, 5) is 14.5. The lowest BCUT2D eigenvalue weighted by Gasteiger charge is -2.31. The Morgan fingerprint density at radius 3 is 2.56 bits per heavy atom. The number of hydrogen-bond acceptors (Lipinski definition) is 5. The Hall–Kier alpha value is -1.80. The summed E-state index contributed by atoms with van der Waals surface area (Å²) < 4.78 is 37.9. The maximum atomic E-state index is 12.9. The van der Waals surface area contributed by atoms with Gasteiger partial charge in [-0.05, 0) is 31.4 Å². The van der Waals surface area contributed by atoms with Crippen LogP contribution >= 0.6 is 0 Å². The Bertz CT molecular complexity index is 775. The van der Waals surface area contributed by atoms with Crippen molar-refractivity contribution in [2.45, 2.75) is 30.6 Å². The molecule has 1 aliphatic carbocycles. The first-order valence-corrected chi connectivity index (χ1v) is 10.2. The average Bonchev–Trinajstić information content (AvgIpc) is 2.86. The third-order valence-corrected chi connectivity index (χ3v) is 7.10. The van der Waals surface area contributed by atoms with Crippen molar-refractivity contribution in [3.63, 3.8) is 0 Å². The largest absolute Gasteiger partial charge is 0.454 e. The zero-order valence-electron chi connectivity index (χ0n) is 14.0. The maximum absolute atomic E-state index is 12.9. The Kier molecular flexibility index (Phi) is 4.33. The molecule has 0 aromatic heterocycles. The van der Waals surface area contributed by atoms with Crippen LogP contribution in [0, 0.1) is 5.92 Å². The molecule has 0 radical (unpaired) electrons. The molecule has 1 aromatic rings. The highest BCUT2D eigenvalue weighted by molar-refractivity contribution is 7.89. The van der Waals surface area contributed by atoms with E-state index in [9.17, 15) is 13.2 Å². The molecule has 2 heterocycles. The number of hydrogen-bond donors (Lipinski definition) is 0. The second-order valence-corrected chi connectivity index (χ2v) is 8.66. The molecule has 0 spiro atoms. The van der Waals surface area contributed by atoms with Crippen molar-refractivity contribution in [3.8, 4) is 11.5 Å². The molecule has 0 atom stereocenters. The van der Waals surface area contributed by atoms with Crippen molar-refractivity contribution >= 4 is 15.9 Å². The molecular formula is C17H22N2O5S. The Labute approximate surface area is 147 Å². The molecule has 2 aliphatic heterocycles. The van der Waals surface area contributed by atoms with Gasteiger partial charge in [0.2, 0.25) is 22.7 Å². The number of amides is 1. The number of carbonyl (C=O) groups is 1. The Balaban J connectivity index is 1.48. The zero-order valence-corrected chi connectivity index (χ0v) is 14.8. The van der Waals surface area contributed by atoms with Crippen LogP contribution in [-0.2, 0) is 14.8 Å². The summed E-state index contributed by atoms with van der Waals surface area (Å²) in [6.07, 6.45) is 3.71. The summed E-state index contributed by atoms with van der Waals surface area (Å²) >= 11 is 0. The van der Waals surface area contributed by atoms with Crippen LogP contribution in [0.25, 0.3) is 0 Å². The minimum atomic E-state index is -3.61. The molecule has 7 nitrogen and oxygen atoms in total. The van der Waals surface area contributed by atoms with Crippen LogP contribution in [0.5, 0.6) is 11.5 Å². The zero-order chi connectivity index (χ0) is 17.4. The lowest BCUT2D eigenvalue weighted by molar-refractivity contribution is -0.138. The van der Waals surface area contributed by atoms with Crippen molar-refractivity contribution in [2.24, 2.45) is 5.92 Å². The van der Waals surface area contributed by atoms with E-state index in [0.717, 1.165) is 19.3 Å². The van der Waals surface area contributed by atoms with Gasteiger partial charge in [-0.2, -0.15) is 4.31 Å². The maximum Gasteiger partial charge on any atom is 0.243 e. The molecule has 1 amide bonds. The average molecular weight is 366 g/mol. The van der Waals surface area contributed by atoms with Gasteiger partial charge in [0.25, 0.3) is 0 Å². The highest BCUT2D eigenvalue weighted by atomic mass is 32.2. The summed E-state index contributed by atoms with van der Waals surface area (Å²) in [5.41, 5.74) is 0. The summed E-state index contributed by atoms with van der Waals surface area (Å²) in [7, 11) is -3.61. The molecule has 2 fully saturated rings. The molecule has 1 aromatic carbocycles. The molecule has 0 bridgehead atoms. The van der Waals surface area contributed by atoms with Gasteiger partial charge in [0, 0.05) is 38.2 Å². The third-order valence-electron chi connectivity index (χ3n) is 5.20. The lowest BCUT2D eigenvalue weighted by Crippen LogP contribution is -2.41. The molecule has 1 saturated heterocycles. The van der Waals surface area contributed by atoms with E-state index in [4.69, 9.17) is 9.47 Å². The second-order valence-electron chi connectivity index (χ2n) is 6.73. The molecule has 136 valence electrons. The molecule has 1 saturated carbocycles. The number of fused-ring (bicyclic) bond motifs is 1. The van der Waals surface area contributed by atoms with E-state index in [-0.39, 0.29) is 23.5 Å². The van der Waals surface area contributed by atoms with Gasteiger partial charge in [0.15, 0.2) is 11.5 Å². The quantitative estimate of drug-likeness (QED) is 0.809. The second kappa shape index (κ2) is 6.49. The van der Waals surface area contributed by atoms with Crippen molar-refractivity contribution in [1.82, 2.24) is 9.21 Å². The molecule has 0 unspecified atom stereocenters. The molecular weight excluding hydrogens is 344 g/mol. The normalized spacial score (nSPS) is 21.7. The number of nitrogens with zero attached hydrogens (tertiary/aromatic N) is 2. The number of ether oxygens (including phenoxy) is 2. The van der Waals surface area contributed by atoms with E-state index in [1.165, 1.54) is 10.4 Å². The van der Waals surface area contributed by atoms with E-state index < -0.39 is 10.0 Å². The standard InChI is InChI=1S/C17H22N2O5S/c20-17(13-3-1-4-13)18-7-2-8-19(10-9-18)25(21,22)14-5-6-15-16(11-14)24-12-23-15/h5-6,11,13H,1-4,7-10,12H2. The number of carbonyl (C=O) groups excluding carboxylic acids is 1. The van der Waals surface area contributed by atoms with Crippen LogP contribution in [0.15, 0.2) is 23.1 Å². The molecule has 4 rings (SSSR count). The van der Waals surface area contributed by atoms with Gasteiger partial charge < -0.3 is 14.4 Å². The summed E-state index contributed by atoms with van der Waals surface area (Å²) in [6, 6.07) is 4.68. The first kappa shape index (κ1) is 16.7. The van der Waals surface area contributed by atoms with Gasteiger partial charge in [0.1, 0.15) is 0 Å². The highest BCUT2D eigenvalue weighted by Crippen LogP contribution is 2.35. The monoisotopic (exact) mass is 366 g/mol. The van der Waals surface area contributed by atoms with Crippen LogP contribution < -0.4 is 9.47 Å². The minimum absolute atomic E-state index is 0.112. The van der Waals surface area contributed by atoms with Crippen LogP contribution in [0.3, 0.4) is 0 Å². The van der Waals surface area contributed by atoms with Gasteiger partial charge in [-0.1, -0.05) is 6.42 Å². The van der Waals surface area contributed by atoms with Crippen LogP contribution in [0.1, 0.15) is 25.7 Å². The van der Waals surface area contributed by atoms with Gasteiger partial charge in [0.05, 0.1) is 4.90 Å². The summed E-state index contributed by atoms with van der Waals surface area (Å²) in [6.45, 7) is 1.95. The lowest BCUT2D eigenvalue weighted by atomic mass is 9.84. The first-order valence-electron chi connectivity index (χ1n) is 8.74. The van der Waals surface area contributed by atoms with Gasteiger partial charge in [-0.15, -0.1) is 0 Å². The van der Waals surface area contributed by atoms with Crippen molar-refractivity contribution in [1.29, 1.82) is 0 Å². The molecule has 8 heteroatoms. The Morgan fingerprint density at radius 2 is 1.80 bits per heavy atom. The van der Waals surface area contributed by atoms with E-state index in [0.29, 0.717) is 44.1 Å². The van der Waals surface area contributed by atoms with Crippen molar-refractivity contribution in [2.75, 3.05) is 33.0 Å². The van der Waals surface area contributed by atoms with Gasteiger partial charge in [-0.25, -0.2) is 8.42 Å². The summed E-state index contributed by atoms with van der Waals surface area (Å²) in [5, 5.41) is 0. The van der Waals surface area contributed by atoms with Crippen LogP contribution in [-0.4, -0.2) is 56.5 Å². The minimum Gasteiger partial charge on any atom is -0.454 e. The van der Waals surface area contributed by atoms with Crippen LogP contribution in [0.4, 0.5) is 0 Å². The highest BCUT2D eigenvalue weighted by Gasteiger charge is 2.33. The third kappa shape index (κ3) is 3.08. The fourth-order valence-corrected chi connectivity index (χ4v) is 4.94. The first-order chi connectivity index (χ1) is 12.1. The van der Waals surface area contributed by atoms with Gasteiger partial charge in [-0.3, -0.25) is 4.79 Å². The number of rotatable bonds is 3. The van der Waals surface area contributed by atoms with Crippen molar-refractivity contribution < 1.29 is 22.7 Å². The van der Waals surface area contributed by atoms with E-state index in [1.807, 2.05) is 4.90 Å². The molecule has 25 heavy (non-hydrogen) atoms. The smallest absolute Gasteiger partial charge is 0.243 e. The number of sulfonamides is 1. The van der Waals surface area contributed by atoms with Gasteiger partial charge >= 0.3 is 0 Å². The molecule has 3 aliphatic rings. The Morgan fingerprint density at radius 1 is 1.00 bits per heavy atom. The fraction of sp³-hybridized carbons (Fsp3) is 0.588. The SMILES string of the molecule is O=C(C1CCC1)N1CCCN(S(=O)(=O)c2ccc3c(c2)OCO3)CC1. The predicted octanol–water partition coefficient (Wildman–Crippen LogP) is 1.44. The summed E-state index contributed by atoms with van der Waals surface area (Å²) in [5.74, 6) is 1.36. The fourth-order valence-electron chi connectivity index (χ4n) is 3.45. The van der Waals surface area contributed by atoms with Crippen molar-refractivity contribution in [3.05, 3.63) is 18.2 Å². The van der Waals surface area contributed by atoms with E-state index in [2.05, 4.69) is 0 Å². The topological polar surface area (TPSA) is 76.2 Å². The van der Waals surface area contributed by atoms with E-state index in [1.54, 1.807) is 12.1 Å².